The molecule has 1 aliphatic rings. The molecule has 0 amide bonds. The summed E-state index contributed by atoms with van der Waals surface area (Å²) in [5.41, 5.74) is 4.11. The van der Waals surface area contributed by atoms with Gasteiger partial charge in [-0.25, -0.2) is 0 Å². The molecule has 2 nitrogen and oxygen atoms in total. The second kappa shape index (κ2) is 4.10. The number of hydrogen-bond donors (Lipinski definition) is 1. The van der Waals surface area contributed by atoms with Gasteiger partial charge in [-0.15, -0.1) is 0 Å². The third-order valence-corrected chi connectivity index (χ3v) is 3.71. The van der Waals surface area contributed by atoms with Crippen molar-refractivity contribution >= 4 is 0 Å². The maximum atomic E-state index is 5.36. The number of benzene rings is 1. The monoisotopic (exact) mass is 219 g/mol. The molecule has 1 heterocycles. The SMILES string of the molecule is COc1cc(C)c(C2(C)CCCN2)cc1C. The first kappa shape index (κ1) is 11.5. The van der Waals surface area contributed by atoms with E-state index in [4.69, 9.17) is 4.74 Å². The van der Waals surface area contributed by atoms with Gasteiger partial charge in [-0.05, 0) is 62.9 Å². The molecule has 0 bridgehead atoms. The second-order valence-electron chi connectivity index (χ2n) is 5.00. The van der Waals surface area contributed by atoms with E-state index in [2.05, 4.69) is 38.2 Å². The Bertz CT molecular complexity index is 392. The first-order valence-corrected chi connectivity index (χ1v) is 5.97. The molecule has 1 aromatic carbocycles. The van der Waals surface area contributed by atoms with Crippen LogP contribution in [0.1, 0.15) is 36.5 Å². The fraction of sp³-hybridized carbons (Fsp3) is 0.571. The third kappa shape index (κ3) is 1.82. The first-order valence-electron chi connectivity index (χ1n) is 5.97. The lowest BCUT2D eigenvalue weighted by Gasteiger charge is -2.28. The van der Waals surface area contributed by atoms with Gasteiger partial charge in [0.15, 0.2) is 0 Å². The molecule has 0 aromatic heterocycles. The fourth-order valence-electron chi connectivity index (χ4n) is 2.73. The quantitative estimate of drug-likeness (QED) is 0.825. The van der Waals surface area contributed by atoms with E-state index in [1.807, 2.05) is 0 Å². The van der Waals surface area contributed by atoms with Crippen LogP contribution in [0.15, 0.2) is 12.1 Å². The lowest BCUT2D eigenvalue weighted by atomic mass is 9.86. The number of hydrogen-bond acceptors (Lipinski definition) is 2. The Morgan fingerprint density at radius 1 is 1.25 bits per heavy atom. The number of nitrogens with one attached hydrogen (secondary N) is 1. The second-order valence-corrected chi connectivity index (χ2v) is 5.00. The van der Waals surface area contributed by atoms with Crippen LogP contribution in [-0.4, -0.2) is 13.7 Å². The molecule has 1 aliphatic heterocycles. The summed E-state index contributed by atoms with van der Waals surface area (Å²) in [6, 6.07) is 4.42. The topological polar surface area (TPSA) is 21.3 Å². The molecule has 2 heteroatoms. The smallest absolute Gasteiger partial charge is 0.122 e. The fourth-order valence-corrected chi connectivity index (χ4v) is 2.73. The van der Waals surface area contributed by atoms with Gasteiger partial charge in [0.1, 0.15) is 5.75 Å². The minimum atomic E-state index is 0.154. The van der Waals surface area contributed by atoms with Gasteiger partial charge in [0, 0.05) is 5.54 Å². The van der Waals surface area contributed by atoms with E-state index in [0.717, 1.165) is 12.3 Å². The summed E-state index contributed by atoms with van der Waals surface area (Å²) in [7, 11) is 1.73. The lowest BCUT2D eigenvalue weighted by molar-refractivity contribution is 0.406. The van der Waals surface area contributed by atoms with Gasteiger partial charge in [-0.2, -0.15) is 0 Å². The highest BCUT2D eigenvalue weighted by Gasteiger charge is 2.31. The summed E-state index contributed by atoms with van der Waals surface area (Å²) in [6.07, 6.45) is 2.49. The molecule has 0 radical (unpaired) electrons. The van der Waals surface area contributed by atoms with Gasteiger partial charge in [-0.3, -0.25) is 0 Å². The van der Waals surface area contributed by atoms with Crippen LogP contribution in [-0.2, 0) is 5.54 Å². The van der Waals surface area contributed by atoms with E-state index in [-0.39, 0.29) is 5.54 Å². The summed E-state index contributed by atoms with van der Waals surface area (Å²) >= 11 is 0. The van der Waals surface area contributed by atoms with Crippen molar-refractivity contribution in [3.05, 3.63) is 28.8 Å². The summed E-state index contributed by atoms with van der Waals surface area (Å²) in [6.45, 7) is 7.71. The average Bonchev–Trinajstić information content (AvgIpc) is 2.69. The number of rotatable bonds is 2. The summed E-state index contributed by atoms with van der Waals surface area (Å²) in [4.78, 5) is 0. The molecule has 1 aromatic rings. The molecule has 1 N–H and O–H groups in total. The highest BCUT2D eigenvalue weighted by molar-refractivity contribution is 5.44. The van der Waals surface area contributed by atoms with Gasteiger partial charge in [-0.1, -0.05) is 6.07 Å². The Morgan fingerprint density at radius 2 is 2.00 bits per heavy atom. The van der Waals surface area contributed by atoms with Crippen molar-refractivity contribution in [2.24, 2.45) is 0 Å². The molecule has 88 valence electrons. The van der Waals surface area contributed by atoms with Crippen molar-refractivity contribution in [2.75, 3.05) is 13.7 Å². The van der Waals surface area contributed by atoms with Crippen LogP contribution < -0.4 is 10.1 Å². The molecule has 0 saturated carbocycles. The highest BCUT2D eigenvalue weighted by atomic mass is 16.5. The van der Waals surface area contributed by atoms with Gasteiger partial charge < -0.3 is 10.1 Å². The zero-order valence-corrected chi connectivity index (χ0v) is 10.7. The van der Waals surface area contributed by atoms with Crippen LogP contribution in [0.2, 0.25) is 0 Å². The summed E-state index contributed by atoms with van der Waals surface area (Å²) in [5, 5.41) is 3.61. The predicted molar refractivity (Wildman–Crippen MR) is 67.1 cm³/mol. The normalized spacial score (nSPS) is 24.8. The molecular weight excluding hydrogens is 198 g/mol. The van der Waals surface area contributed by atoms with Crippen LogP contribution in [0.4, 0.5) is 0 Å². The Kier molecular flexibility index (Phi) is 2.94. The van der Waals surface area contributed by atoms with Crippen molar-refractivity contribution in [2.45, 2.75) is 39.2 Å². The van der Waals surface area contributed by atoms with E-state index in [1.54, 1.807) is 7.11 Å². The number of aryl methyl sites for hydroxylation is 2. The maximum absolute atomic E-state index is 5.36. The minimum Gasteiger partial charge on any atom is -0.496 e. The average molecular weight is 219 g/mol. The van der Waals surface area contributed by atoms with Crippen molar-refractivity contribution in [1.29, 1.82) is 0 Å². The van der Waals surface area contributed by atoms with E-state index in [9.17, 15) is 0 Å². The molecule has 1 unspecified atom stereocenters. The van der Waals surface area contributed by atoms with E-state index >= 15 is 0 Å². The zero-order valence-electron chi connectivity index (χ0n) is 10.7. The largest absolute Gasteiger partial charge is 0.496 e. The minimum absolute atomic E-state index is 0.154. The van der Waals surface area contributed by atoms with Crippen molar-refractivity contribution in [1.82, 2.24) is 5.32 Å². The Hall–Kier alpha value is -1.02. The van der Waals surface area contributed by atoms with Crippen molar-refractivity contribution in [3.8, 4) is 5.75 Å². The van der Waals surface area contributed by atoms with Gasteiger partial charge in [0.05, 0.1) is 7.11 Å². The standard InChI is InChI=1S/C14H21NO/c1-10-9-13(16-4)11(2)8-12(10)14(3)6-5-7-15-14/h8-9,15H,5-7H2,1-4H3. The maximum Gasteiger partial charge on any atom is 0.122 e. The molecular formula is C14H21NO. The van der Waals surface area contributed by atoms with Crippen LogP contribution >= 0.6 is 0 Å². The van der Waals surface area contributed by atoms with Crippen molar-refractivity contribution < 1.29 is 4.74 Å². The van der Waals surface area contributed by atoms with E-state index in [1.165, 1.54) is 29.5 Å². The van der Waals surface area contributed by atoms with Crippen LogP contribution in [0.3, 0.4) is 0 Å². The summed E-state index contributed by atoms with van der Waals surface area (Å²) < 4.78 is 5.36. The number of ether oxygens (including phenoxy) is 1. The van der Waals surface area contributed by atoms with Gasteiger partial charge >= 0.3 is 0 Å². The van der Waals surface area contributed by atoms with Crippen molar-refractivity contribution in [3.63, 3.8) is 0 Å². The zero-order chi connectivity index (χ0) is 11.8. The Labute approximate surface area is 98.0 Å². The van der Waals surface area contributed by atoms with Crippen LogP contribution in [0.5, 0.6) is 5.75 Å². The third-order valence-electron chi connectivity index (χ3n) is 3.71. The molecule has 2 rings (SSSR count). The molecule has 1 saturated heterocycles. The first-order chi connectivity index (χ1) is 7.57. The highest BCUT2D eigenvalue weighted by Crippen LogP contribution is 2.35. The lowest BCUT2D eigenvalue weighted by Crippen LogP contribution is -2.34. The Morgan fingerprint density at radius 3 is 2.56 bits per heavy atom. The summed E-state index contributed by atoms with van der Waals surface area (Å²) in [5.74, 6) is 0.989. The molecule has 0 aliphatic carbocycles. The van der Waals surface area contributed by atoms with Crippen LogP contribution in [0.25, 0.3) is 0 Å². The van der Waals surface area contributed by atoms with Crippen LogP contribution in [0, 0.1) is 13.8 Å². The molecule has 0 spiro atoms. The predicted octanol–water partition coefficient (Wildman–Crippen LogP) is 2.91. The number of methoxy groups -OCH3 is 1. The molecule has 1 fully saturated rings. The Balaban J connectivity index is 2.45. The van der Waals surface area contributed by atoms with Gasteiger partial charge in [0.2, 0.25) is 0 Å². The van der Waals surface area contributed by atoms with E-state index in [0.29, 0.717) is 0 Å². The van der Waals surface area contributed by atoms with E-state index < -0.39 is 0 Å². The molecule has 16 heavy (non-hydrogen) atoms. The van der Waals surface area contributed by atoms with Gasteiger partial charge in [0.25, 0.3) is 0 Å². The molecule has 1 atom stereocenters.